The van der Waals surface area contributed by atoms with Gasteiger partial charge in [0.2, 0.25) is 0 Å². The van der Waals surface area contributed by atoms with E-state index >= 15 is 0 Å². The number of aryl methyl sites for hydroxylation is 1. The third kappa shape index (κ3) is 7.01. The average Bonchev–Trinajstić information content (AvgIpc) is 2.79. The molecular weight excluding hydrogens is 392 g/mol. The van der Waals surface area contributed by atoms with Crippen molar-refractivity contribution in [2.45, 2.75) is 25.4 Å². The van der Waals surface area contributed by atoms with Gasteiger partial charge in [0.1, 0.15) is 17.3 Å². The van der Waals surface area contributed by atoms with Crippen LogP contribution in [0.1, 0.15) is 24.0 Å². The Morgan fingerprint density at radius 3 is 2.42 bits per heavy atom. The summed E-state index contributed by atoms with van der Waals surface area (Å²) >= 11 is 0. The predicted octanol–water partition coefficient (Wildman–Crippen LogP) is 5.16. The van der Waals surface area contributed by atoms with Crippen LogP contribution in [0, 0.1) is 0 Å². The Kier molecular flexibility index (Phi) is 7.85. The number of hydrogen-bond acceptors (Lipinski definition) is 5. The molecule has 0 saturated heterocycles. The molecular formula is C26H26O5. The van der Waals surface area contributed by atoms with E-state index in [0.29, 0.717) is 18.6 Å². The van der Waals surface area contributed by atoms with E-state index in [-0.39, 0.29) is 18.0 Å². The van der Waals surface area contributed by atoms with Crippen molar-refractivity contribution >= 4 is 11.9 Å². The molecule has 0 aromatic heterocycles. The number of ketones is 1. The van der Waals surface area contributed by atoms with E-state index in [1.54, 1.807) is 30.4 Å². The number of Topliss-reactive ketones (excluding diaryl/α,β-unsaturated/α-hetero) is 1. The molecule has 0 aliphatic rings. The number of rotatable bonds is 10. The van der Waals surface area contributed by atoms with Gasteiger partial charge in [-0.3, -0.25) is 4.79 Å². The molecule has 0 radical (unpaired) electrons. The summed E-state index contributed by atoms with van der Waals surface area (Å²) in [5.74, 6) is 1.91. The smallest absolute Gasteiger partial charge is 0.160 e. The number of aliphatic hydroxyl groups excluding tert-OH is 1. The number of carbonyl (C=O) groups excluding carboxylic acids is 1. The third-order valence-corrected chi connectivity index (χ3v) is 4.74. The van der Waals surface area contributed by atoms with Gasteiger partial charge in [-0.15, -0.1) is 0 Å². The quantitative estimate of drug-likeness (QED) is 0.476. The second-order valence-electron chi connectivity index (χ2n) is 7.16. The highest BCUT2D eigenvalue weighted by Crippen LogP contribution is 2.27. The van der Waals surface area contributed by atoms with Crippen LogP contribution in [0.2, 0.25) is 0 Å². The van der Waals surface area contributed by atoms with Crippen molar-refractivity contribution in [2.75, 3.05) is 7.11 Å². The molecule has 0 spiro atoms. The SMILES string of the molecule is COc1cc(CCC(=O)CC(O)C=Cc2ccc(Oc3ccccc3)cc2)ccc1O. The van der Waals surface area contributed by atoms with Crippen molar-refractivity contribution in [3.8, 4) is 23.0 Å². The van der Waals surface area contributed by atoms with Gasteiger partial charge in [-0.05, 0) is 53.9 Å². The van der Waals surface area contributed by atoms with Crippen molar-refractivity contribution in [3.63, 3.8) is 0 Å². The molecule has 3 aromatic rings. The molecule has 160 valence electrons. The minimum absolute atomic E-state index is 0.0317. The molecule has 0 bridgehead atoms. The molecule has 3 rings (SSSR count). The van der Waals surface area contributed by atoms with E-state index < -0.39 is 6.10 Å². The zero-order valence-corrected chi connectivity index (χ0v) is 17.4. The Hall–Kier alpha value is -3.57. The summed E-state index contributed by atoms with van der Waals surface area (Å²) < 4.78 is 10.8. The number of hydrogen-bond donors (Lipinski definition) is 2. The number of aliphatic hydroxyl groups is 1. The van der Waals surface area contributed by atoms with Crippen LogP contribution >= 0.6 is 0 Å². The topological polar surface area (TPSA) is 76.0 Å². The number of aromatic hydroxyl groups is 1. The molecule has 1 unspecified atom stereocenters. The van der Waals surface area contributed by atoms with E-state index in [1.807, 2.05) is 54.6 Å². The Labute approximate surface area is 182 Å². The molecule has 5 heteroatoms. The third-order valence-electron chi connectivity index (χ3n) is 4.74. The molecule has 31 heavy (non-hydrogen) atoms. The number of carbonyl (C=O) groups is 1. The molecule has 0 amide bonds. The lowest BCUT2D eigenvalue weighted by Gasteiger charge is -2.08. The maximum atomic E-state index is 12.2. The Balaban J connectivity index is 1.46. The van der Waals surface area contributed by atoms with Crippen LogP contribution in [0.25, 0.3) is 6.08 Å². The van der Waals surface area contributed by atoms with E-state index in [9.17, 15) is 15.0 Å². The fourth-order valence-corrected chi connectivity index (χ4v) is 3.06. The van der Waals surface area contributed by atoms with Crippen LogP contribution in [0.5, 0.6) is 23.0 Å². The van der Waals surface area contributed by atoms with Crippen LogP contribution < -0.4 is 9.47 Å². The molecule has 0 saturated carbocycles. The van der Waals surface area contributed by atoms with Crippen molar-refractivity contribution < 1.29 is 24.5 Å². The zero-order chi connectivity index (χ0) is 22.1. The summed E-state index contributed by atoms with van der Waals surface area (Å²) in [6, 6.07) is 22.0. The largest absolute Gasteiger partial charge is 0.504 e. The first-order chi connectivity index (χ1) is 15.0. The van der Waals surface area contributed by atoms with Crippen LogP contribution in [0.3, 0.4) is 0 Å². The number of methoxy groups -OCH3 is 1. The number of ether oxygens (including phenoxy) is 2. The monoisotopic (exact) mass is 418 g/mol. The van der Waals surface area contributed by atoms with Gasteiger partial charge < -0.3 is 19.7 Å². The summed E-state index contributed by atoms with van der Waals surface area (Å²) in [5, 5.41) is 19.8. The number of benzene rings is 3. The average molecular weight is 418 g/mol. The molecule has 0 heterocycles. The second kappa shape index (κ2) is 11.0. The van der Waals surface area contributed by atoms with E-state index in [1.165, 1.54) is 7.11 Å². The summed E-state index contributed by atoms with van der Waals surface area (Å²) in [6.07, 6.45) is 3.45. The van der Waals surface area contributed by atoms with Crippen LogP contribution in [-0.4, -0.2) is 29.2 Å². The van der Waals surface area contributed by atoms with Gasteiger partial charge in [0.05, 0.1) is 13.2 Å². The number of para-hydroxylation sites is 1. The van der Waals surface area contributed by atoms with Crippen LogP contribution in [0.15, 0.2) is 78.9 Å². The second-order valence-corrected chi connectivity index (χ2v) is 7.16. The summed E-state index contributed by atoms with van der Waals surface area (Å²) in [6.45, 7) is 0. The van der Waals surface area contributed by atoms with Gasteiger partial charge in [0.15, 0.2) is 11.5 Å². The van der Waals surface area contributed by atoms with Gasteiger partial charge in [-0.2, -0.15) is 0 Å². The summed E-state index contributed by atoms with van der Waals surface area (Å²) in [7, 11) is 1.48. The first-order valence-electron chi connectivity index (χ1n) is 10.1. The lowest BCUT2D eigenvalue weighted by molar-refractivity contribution is -0.120. The van der Waals surface area contributed by atoms with Gasteiger partial charge in [0, 0.05) is 12.8 Å². The summed E-state index contributed by atoms with van der Waals surface area (Å²) in [4.78, 5) is 12.2. The Bertz CT molecular complexity index is 1010. The van der Waals surface area contributed by atoms with Crippen molar-refractivity contribution in [1.82, 2.24) is 0 Å². The normalized spacial score (nSPS) is 11.9. The van der Waals surface area contributed by atoms with Gasteiger partial charge in [-0.25, -0.2) is 0 Å². The fourth-order valence-electron chi connectivity index (χ4n) is 3.06. The first-order valence-corrected chi connectivity index (χ1v) is 10.1. The molecule has 5 nitrogen and oxygen atoms in total. The standard InChI is InChI=1S/C26H26O5/c1-30-26-17-20(11-16-25(26)29)8-13-22(28)18-21(27)12-7-19-9-14-24(15-10-19)31-23-5-3-2-4-6-23/h2-7,9-12,14-17,21,27,29H,8,13,18H2,1H3. The minimum atomic E-state index is -0.845. The lowest BCUT2D eigenvalue weighted by Crippen LogP contribution is -2.11. The maximum absolute atomic E-state index is 12.2. The molecule has 1 atom stereocenters. The van der Waals surface area contributed by atoms with Gasteiger partial charge in [0.25, 0.3) is 0 Å². The number of phenolic OH excluding ortho intramolecular Hbond substituents is 1. The molecule has 0 aliphatic heterocycles. The summed E-state index contributed by atoms with van der Waals surface area (Å²) in [5.41, 5.74) is 1.80. The molecule has 2 N–H and O–H groups in total. The van der Waals surface area contributed by atoms with Gasteiger partial charge >= 0.3 is 0 Å². The number of phenols is 1. The van der Waals surface area contributed by atoms with E-state index in [0.717, 1.165) is 22.6 Å². The Morgan fingerprint density at radius 1 is 1.00 bits per heavy atom. The van der Waals surface area contributed by atoms with Crippen molar-refractivity contribution in [2.24, 2.45) is 0 Å². The van der Waals surface area contributed by atoms with E-state index in [4.69, 9.17) is 9.47 Å². The molecule has 3 aromatic carbocycles. The van der Waals surface area contributed by atoms with Crippen LogP contribution in [0.4, 0.5) is 0 Å². The minimum Gasteiger partial charge on any atom is -0.504 e. The van der Waals surface area contributed by atoms with Crippen molar-refractivity contribution in [1.29, 1.82) is 0 Å². The highest BCUT2D eigenvalue weighted by atomic mass is 16.5. The Morgan fingerprint density at radius 2 is 1.71 bits per heavy atom. The predicted molar refractivity (Wildman–Crippen MR) is 121 cm³/mol. The lowest BCUT2D eigenvalue weighted by atomic mass is 10.0. The van der Waals surface area contributed by atoms with Crippen molar-refractivity contribution in [3.05, 3.63) is 90.0 Å². The zero-order valence-electron chi connectivity index (χ0n) is 17.4. The fraction of sp³-hybridized carbons (Fsp3) is 0.192. The maximum Gasteiger partial charge on any atom is 0.160 e. The highest BCUT2D eigenvalue weighted by molar-refractivity contribution is 5.79. The highest BCUT2D eigenvalue weighted by Gasteiger charge is 2.10. The van der Waals surface area contributed by atoms with Crippen LogP contribution in [-0.2, 0) is 11.2 Å². The van der Waals surface area contributed by atoms with E-state index in [2.05, 4.69) is 0 Å². The van der Waals surface area contributed by atoms with Gasteiger partial charge in [-0.1, -0.05) is 48.6 Å². The molecule has 0 aliphatic carbocycles. The first kappa shape index (κ1) is 22.1. The molecule has 0 fully saturated rings.